The Morgan fingerprint density at radius 3 is 2.75 bits per heavy atom. The second-order valence-electron chi connectivity index (χ2n) is 4.06. The van der Waals surface area contributed by atoms with Crippen molar-refractivity contribution in [1.29, 1.82) is 0 Å². The molecule has 16 heavy (non-hydrogen) atoms. The summed E-state index contributed by atoms with van der Waals surface area (Å²) in [4.78, 5) is 0. The van der Waals surface area contributed by atoms with Gasteiger partial charge in [0.25, 0.3) is 0 Å². The lowest BCUT2D eigenvalue weighted by Gasteiger charge is -2.11. The molecule has 1 unspecified atom stereocenters. The second kappa shape index (κ2) is 6.53. The van der Waals surface area contributed by atoms with E-state index in [1.165, 1.54) is 0 Å². The Morgan fingerprint density at radius 1 is 1.44 bits per heavy atom. The van der Waals surface area contributed by atoms with E-state index < -0.39 is 0 Å². The molecular weight excluding hydrogens is 202 g/mol. The van der Waals surface area contributed by atoms with E-state index >= 15 is 0 Å². The van der Waals surface area contributed by atoms with Crippen molar-refractivity contribution < 1.29 is 4.74 Å². The van der Waals surface area contributed by atoms with Crippen LogP contribution < -0.4 is 10.5 Å². The number of aromatic nitrogens is 2. The van der Waals surface area contributed by atoms with E-state index in [4.69, 9.17) is 10.5 Å². The number of rotatable bonds is 7. The van der Waals surface area contributed by atoms with Crippen LogP contribution in [0, 0.1) is 0 Å². The van der Waals surface area contributed by atoms with Gasteiger partial charge in [0.2, 0.25) is 0 Å². The van der Waals surface area contributed by atoms with Gasteiger partial charge in [0.15, 0.2) is 5.75 Å². The van der Waals surface area contributed by atoms with E-state index in [1.54, 1.807) is 13.3 Å². The quantitative estimate of drug-likeness (QED) is 0.772. The maximum Gasteiger partial charge on any atom is 0.159 e. The van der Waals surface area contributed by atoms with Crippen LogP contribution in [0.3, 0.4) is 0 Å². The molecule has 4 heteroatoms. The van der Waals surface area contributed by atoms with Crippen molar-refractivity contribution in [3.63, 3.8) is 0 Å². The molecule has 0 aliphatic heterocycles. The van der Waals surface area contributed by atoms with Gasteiger partial charge in [0, 0.05) is 12.6 Å². The molecule has 92 valence electrons. The Kier molecular flexibility index (Phi) is 5.32. The summed E-state index contributed by atoms with van der Waals surface area (Å²) in [7, 11) is 1.69. The van der Waals surface area contributed by atoms with Crippen molar-refractivity contribution in [1.82, 2.24) is 9.78 Å². The van der Waals surface area contributed by atoms with Crippen LogP contribution in [-0.4, -0.2) is 22.9 Å². The van der Waals surface area contributed by atoms with Crippen molar-refractivity contribution in [2.45, 2.75) is 52.1 Å². The average molecular weight is 225 g/mol. The Labute approximate surface area is 97.8 Å². The Hall–Kier alpha value is -1.03. The second-order valence-corrected chi connectivity index (χ2v) is 4.06. The van der Waals surface area contributed by atoms with Crippen molar-refractivity contribution in [2.75, 3.05) is 7.11 Å². The lowest BCUT2D eigenvalue weighted by Crippen LogP contribution is -2.21. The maximum atomic E-state index is 6.01. The van der Waals surface area contributed by atoms with Crippen molar-refractivity contribution >= 4 is 0 Å². The van der Waals surface area contributed by atoms with Gasteiger partial charge in [-0.25, -0.2) is 0 Å². The van der Waals surface area contributed by atoms with Gasteiger partial charge < -0.3 is 10.5 Å². The molecule has 4 nitrogen and oxygen atoms in total. The normalized spacial score (nSPS) is 12.8. The third kappa shape index (κ3) is 3.23. The number of hydrogen-bond donors (Lipinski definition) is 1. The molecule has 1 aromatic rings. The van der Waals surface area contributed by atoms with Crippen molar-refractivity contribution in [3.05, 3.63) is 11.9 Å². The molecule has 0 aliphatic rings. The van der Waals surface area contributed by atoms with Gasteiger partial charge in [-0.15, -0.1) is 0 Å². The zero-order valence-electron chi connectivity index (χ0n) is 10.6. The van der Waals surface area contributed by atoms with Crippen LogP contribution in [0.15, 0.2) is 6.20 Å². The lowest BCUT2D eigenvalue weighted by atomic mass is 10.1. The van der Waals surface area contributed by atoms with Crippen LogP contribution in [-0.2, 0) is 13.0 Å². The highest BCUT2D eigenvalue weighted by molar-refractivity contribution is 5.25. The van der Waals surface area contributed by atoms with E-state index in [1.807, 2.05) is 4.68 Å². The maximum absolute atomic E-state index is 6.01. The van der Waals surface area contributed by atoms with Gasteiger partial charge in [-0.2, -0.15) is 5.10 Å². The molecule has 2 N–H and O–H groups in total. The third-order valence-corrected chi connectivity index (χ3v) is 2.84. The highest BCUT2D eigenvalue weighted by Gasteiger charge is 2.11. The number of ether oxygens (including phenoxy) is 1. The summed E-state index contributed by atoms with van der Waals surface area (Å²) in [5, 5.41) is 4.28. The van der Waals surface area contributed by atoms with E-state index in [0.29, 0.717) is 0 Å². The average Bonchev–Trinajstić information content (AvgIpc) is 2.68. The molecule has 1 atom stereocenters. The molecule has 0 bridgehead atoms. The molecule has 0 radical (unpaired) electrons. The fraction of sp³-hybridized carbons (Fsp3) is 0.750. The minimum atomic E-state index is 0.287. The summed E-state index contributed by atoms with van der Waals surface area (Å²) in [5.74, 6) is 0.880. The third-order valence-electron chi connectivity index (χ3n) is 2.84. The van der Waals surface area contributed by atoms with Gasteiger partial charge in [-0.1, -0.05) is 13.3 Å². The first-order chi connectivity index (χ1) is 7.72. The Balaban J connectivity index is 2.60. The topological polar surface area (TPSA) is 53.1 Å². The summed E-state index contributed by atoms with van der Waals surface area (Å²) in [6.07, 6.45) is 5.95. The van der Waals surface area contributed by atoms with E-state index in [9.17, 15) is 0 Å². The summed E-state index contributed by atoms with van der Waals surface area (Å²) in [5.41, 5.74) is 7.18. The minimum absolute atomic E-state index is 0.287. The van der Waals surface area contributed by atoms with Crippen LogP contribution in [0.1, 0.15) is 38.8 Å². The largest absolute Gasteiger partial charge is 0.493 e. The molecule has 0 saturated heterocycles. The first-order valence-electron chi connectivity index (χ1n) is 6.07. The van der Waals surface area contributed by atoms with Crippen LogP contribution in [0.25, 0.3) is 0 Å². The van der Waals surface area contributed by atoms with Gasteiger partial charge >= 0.3 is 0 Å². The monoisotopic (exact) mass is 225 g/mol. The van der Waals surface area contributed by atoms with Gasteiger partial charge in [-0.3, -0.25) is 4.68 Å². The molecule has 0 saturated carbocycles. The van der Waals surface area contributed by atoms with Crippen molar-refractivity contribution in [2.24, 2.45) is 5.73 Å². The van der Waals surface area contributed by atoms with Crippen LogP contribution in [0.4, 0.5) is 0 Å². The predicted molar refractivity (Wildman–Crippen MR) is 65.7 cm³/mol. The number of methoxy groups -OCH3 is 1. The summed E-state index contributed by atoms with van der Waals surface area (Å²) >= 11 is 0. The van der Waals surface area contributed by atoms with E-state index in [0.717, 1.165) is 43.7 Å². The first-order valence-corrected chi connectivity index (χ1v) is 6.07. The zero-order valence-corrected chi connectivity index (χ0v) is 10.6. The SMILES string of the molecule is CCCC(N)CCc1c(OC)cnn1CC. The van der Waals surface area contributed by atoms with Crippen LogP contribution >= 0.6 is 0 Å². The highest BCUT2D eigenvalue weighted by atomic mass is 16.5. The number of nitrogens with zero attached hydrogens (tertiary/aromatic N) is 2. The lowest BCUT2D eigenvalue weighted by molar-refractivity contribution is 0.404. The van der Waals surface area contributed by atoms with E-state index in [2.05, 4.69) is 18.9 Å². The molecule has 0 aromatic carbocycles. The molecule has 0 amide bonds. The van der Waals surface area contributed by atoms with Gasteiger partial charge in [-0.05, 0) is 26.2 Å². The molecule has 1 aromatic heterocycles. The molecular formula is C12H23N3O. The minimum Gasteiger partial charge on any atom is -0.493 e. The number of aryl methyl sites for hydroxylation is 1. The summed E-state index contributed by atoms with van der Waals surface area (Å²) < 4.78 is 7.28. The molecule has 0 spiro atoms. The Morgan fingerprint density at radius 2 is 2.19 bits per heavy atom. The van der Waals surface area contributed by atoms with Crippen LogP contribution in [0.5, 0.6) is 5.75 Å². The number of nitrogens with two attached hydrogens (primary N) is 1. The highest BCUT2D eigenvalue weighted by Crippen LogP contribution is 2.19. The first kappa shape index (κ1) is 13.0. The smallest absolute Gasteiger partial charge is 0.159 e. The predicted octanol–water partition coefficient (Wildman–Crippen LogP) is 1.97. The number of hydrogen-bond acceptors (Lipinski definition) is 3. The fourth-order valence-electron chi connectivity index (χ4n) is 1.93. The molecule has 1 heterocycles. The van der Waals surface area contributed by atoms with Gasteiger partial charge in [0.1, 0.15) is 0 Å². The van der Waals surface area contributed by atoms with Crippen LogP contribution in [0.2, 0.25) is 0 Å². The molecule has 0 aliphatic carbocycles. The van der Waals surface area contributed by atoms with E-state index in [-0.39, 0.29) is 6.04 Å². The summed E-state index contributed by atoms with van der Waals surface area (Å²) in [6.45, 7) is 5.13. The Bertz CT molecular complexity index is 288. The molecule has 0 fully saturated rings. The zero-order chi connectivity index (χ0) is 12.0. The standard InChI is InChI=1S/C12H23N3O/c1-4-6-10(13)7-8-11-12(16-3)9-14-15(11)5-2/h9-10H,4-8,13H2,1-3H3. The van der Waals surface area contributed by atoms with Gasteiger partial charge in [0.05, 0.1) is 19.0 Å². The van der Waals surface area contributed by atoms with Crippen molar-refractivity contribution in [3.8, 4) is 5.75 Å². The fourth-order valence-corrected chi connectivity index (χ4v) is 1.93. The summed E-state index contributed by atoms with van der Waals surface area (Å²) in [6, 6.07) is 0.287. The molecule has 1 rings (SSSR count).